The molecule has 3 aromatic heterocycles. The maximum atomic E-state index is 12.6. The van der Waals surface area contributed by atoms with E-state index in [2.05, 4.69) is 15.3 Å². The van der Waals surface area contributed by atoms with E-state index >= 15 is 0 Å². The predicted octanol–water partition coefficient (Wildman–Crippen LogP) is 3.34. The number of pyridine rings is 2. The first-order valence-corrected chi connectivity index (χ1v) is 7.51. The molecule has 3 rings (SSSR count). The van der Waals surface area contributed by atoms with E-state index in [4.69, 9.17) is 16.3 Å². The number of halogens is 1. The number of amides is 1. The van der Waals surface area contributed by atoms with Crippen molar-refractivity contribution in [2.24, 2.45) is 0 Å². The van der Waals surface area contributed by atoms with Crippen molar-refractivity contribution in [3.63, 3.8) is 0 Å². The van der Waals surface area contributed by atoms with Crippen molar-refractivity contribution in [3.05, 3.63) is 53.1 Å². The van der Waals surface area contributed by atoms with Gasteiger partial charge in [-0.1, -0.05) is 11.6 Å². The van der Waals surface area contributed by atoms with E-state index in [9.17, 15) is 4.79 Å². The van der Waals surface area contributed by atoms with Crippen LogP contribution in [-0.2, 0) is 0 Å². The number of hydrogen-bond donors (Lipinski definition) is 1. The largest absolute Gasteiger partial charge is 0.490 e. The summed E-state index contributed by atoms with van der Waals surface area (Å²) < 4.78 is 7.27. The molecule has 3 heterocycles. The fourth-order valence-electron chi connectivity index (χ4n) is 2.32. The van der Waals surface area contributed by atoms with Crippen LogP contribution in [-0.4, -0.2) is 26.9 Å². The molecule has 0 aliphatic heterocycles. The molecular weight excluding hydrogens is 316 g/mol. The van der Waals surface area contributed by atoms with E-state index in [-0.39, 0.29) is 5.91 Å². The van der Waals surface area contributed by atoms with Gasteiger partial charge in [0.1, 0.15) is 11.5 Å². The van der Waals surface area contributed by atoms with Crippen LogP contribution in [0.5, 0.6) is 5.75 Å². The molecular formula is C16H15ClN4O2. The molecule has 0 bridgehead atoms. The first-order valence-electron chi connectivity index (χ1n) is 7.13. The normalized spacial score (nSPS) is 10.7. The lowest BCUT2D eigenvalue weighted by atomic mass is 10.3. The number of aromatic nitrogens is 3. The fraction of sp³-hybridized carbons (Fsp3) is 0.188. The van der Waals surface area contributed by atoms with Gasteiger partial charge in [-0.05, 0) is 38.1 Å². The fourth-order valence-corrected chi connectivity index (χ4v) is 2.43. The molecule has 118 valence electrons. The highest BCUT2D eigenvalue weighted by molar-refractivity contribution is 6.30. The summed E-state index contributed by atoms with van der Waals surface area (Å²) >= 11 is 5.80. The van der Waals surface area contributed by atoms with Gasteiger partial charge in [-0.15, -0.1) is 0 Å². The highest BCUT2D eigenvalue weighted by Gasteiger charge is 2.19. The molecule has 0 fully saturated rings. The molecule has 0 atom stereocenters. The van der Waals surface area contributed by atoms with Crippen LogP contribution in [0.2, 0.25) is 5.02 Å². The monoisotopic (exact) mass is 330 g/mol. The van der Waals surface area contributed by atoms with Gasteiger partial charge in [0.05, 0.1) is 17.3 Å². The zero-order chi connectivity index (χ0) is 16.4. The summed E-state index contributed by atoms with van der Waals surface area (Å²) in [5, 5.41) is 3.26. The molecule has 1 amide bonds. The van der Waals surface area contributed by atoms with Gasteiger partial charge in [0.15, 0.2) is 11.4 Å². The Balaban J connectivity index is 1.98. The molecule has 0 aliphatic rings. The van der Waals surface area contributed by atoms with Crippen LogP contribution in [0, 0.1) is 6.92 Å². The van der Waals surface area contributed by atoms with E-state index < -0.39 is 0 Å². The third-order valence-corrected chi connectivity index (χ3v) is 3.50. The molecule has 1 N–H and O–H groups in total. The van der Waals surface area contributed by atoms with Crippen molar-refractivity contribution in [1.82, 2.24) is 14.4 Å². The van der Waals surface area contributed by atoms with Crippen LogP contribution in [0.3, 0.4) is 0 Å². The van der Waals surface area contributed by atoms with Crippen LogP contribution in [0.25, 0.3) is 5.65 Å². The zero-order valence-electron chi connectivity index (χ0n) is 12.7. The highest BCUT2D eigenvalue weighted by atomic mass is 35.5. The lowest BCUT2D eigenvalue weighted by molar-refractivity contribution is 0.102. The van der Waals surface area contributed by atoms with Gasteiger partial charge in [0.2, 0.25) is 0 Å². The number of nitrogens with zero attached hydrogens (tertiary/aromatic N) is 3. The Kier molecular flexibility index (Phi) is 4.16. The number of rotatable bonds is 4. The quantitative estimate of drug-likeness (QED) is 0.796. The summed E-state index contributed by atoms with van der Waals surface area (Å²) in [4.78, 5) is 21.1. The summed E-state index contributed by atoms with van der Waals surface area (Å²) in [7, 11) is 0. The molecule has 0 spiro atoms. The number of carbonyl (C=O) groups is 1. The van der Waals surface area contributed by atoms with Gasteiger partial charge in [-0.25, -0.2) is 9.97 Å². The average molecular weight is 331 g/mol. The van der Waals surface area contributed by atoms with Crippen LogP contribution in [0.1, 0.15) is 23.1 Å². The lowest BCUT2D eigenvalue weighted by Gasteiger charge is -2.07. The SMILES string of the molecule is CCOc1cccn2c(C(=O)Nc3ccc(Cl)cn3)c(C)nc12. The van der Waals surface area contributed by atoms with Gasteiger partial charge >= 0.3 is 0 Å². The number of anilines is 1. The first-order chi connectivity index (χ1) is 11.1. The number of ether oxygens (including phenoxy) is 1. The first kappa shape index (κ1) is 15.3. The van der Waals surface area contributed by atoms with Crippen LogP contribution in [0.4, 0.5) is 5.82 Å². The van der Waals surface area contributed by atoms with Gasteiger partial charge in [-0.3, -0.25) is 9.20 Å². The molecule has 0 aromatic carbocycles. The molecule has 0 saturated carbocycles. The van der Waals surface area contributed by atoms with E-state index in [1.807, 2.05) is 19.1 Å². The van der Waals surface area contributed by atoms with Crippen molar-refractivity contribution < 1.29 is 9.53 Å². The molecule has 3 aromatic rings. The van der Waals surface area contributed by atoms with Gasteiger partial charge in [-0.2, -0.15) is 0 Å². The smallest absolute Gasteiger partial charge is 0.275 e. The minimum absolute atomic E-state index is 0.293. The Bertz CT molecular complexity index is 858. The topological polar surface area (TPSA) is 68.5 Å². The third-order valence-electron chi connectivity index (χ3n) is 3.27. The molecule has 0 saturated heterocycles. The van der Waals surface area contributed by atoms with Crippen molar-refractivity contribution in [1.29, 1.82) is 0 Å². The predicted molar refractivity (Wildman–Crippen MR) is 88.3 cm³/mol. The van der Waals surface area contributed by atoms with Gasteiger partial charge in [0, 0.05) is 12.4 Å². The van der Waals surface area contributed by atoms with Crippen molar-refractivity contribution >= 4 is 29.0 Å². The highest BCUT2D eigenvalue weighted by Crippen LogP contribution is 2.22. The third kappa shape index (κ3) is 2.98. The van der Waals surface area contributed by atoms with E-state index in [0.29, 0.717) is 40.2 Å². The second-order valence-corrected chi connectivity index (χ2v) is 5.30. The Hall–Kier alpha value is -2.60. The number of nitrogens with one attached hydrogen (secondary N) is 1. The number of fused-ring (bicyclic) bond motifs is 1. The van der Waals surface area contributed by atoms with E-state index in [0.717, 1.165) is 0 Å². The molecule has 0 radical (unpaired) electrons. The Labute approximate surface area is 138 Å². The molecule has 23 heavy (non-hydrogen) atoms. The summed E-state index contributed by atoms with van der Waals surface area (Å²) in [6.07, 6.45) is 3.26. The lowest BCUT2D eigenvalue weighted by Crippen LogP contribution is -2.16. The molecule has 6 nitrogen and oxygen atoms in total. The minimum atomic E-state index is -0.293. The molecule has 7 heteroatoms. The summed E-state index contributed by atoms with van der Waals surface area (Å²) in [6, 6.07) is 6.95. The van der Waals surface area contributed by atoms with Crippen LogP contribution in [0.15, 0.2) is 36.7 Å². The summed E-state index contributed by atoms with van der Waals surface area (Å²) in [6.45, 7) is 4.22. The van der Waals surface area contributed by atoms with Crippen molar-refractivity contribution in [2.45, 2.75) is 13.8 Å². The Morgan fingerprint density at radius 2 is 2.22 bits per heavy atom. The Morgan fingerprint density at radius 3 is 2.91 bits per heavy atom. The maximum absolute atomic E-state index is 12.6. The Morgan fingerprint density at radius 1 is 1.39 bits per heavy atom. The number of carbonyl (C=O) groups excluding carboxylic acids is 1. The van der Waals surface area contributed by atoms with Crippen molar-refractivity contribution in [2.75, 3.05) is 11.9 Å². The van der Waals surface area contributed by atoms with E-state index in [1.165, 1.54) is 6.20 Å². The average Bonchev–Trinajstić information content (AvgIpc) is 2.87. The van der Waals surface area contributed by atoms with Crippen LogP contribution < -0.4 is 10.1 Å². The zero-order valence-corrected chi connectivity index (χ0v) is 13.5. The molecule has 0 aliphatic carbocycles. The summed E-state index contributed by atoms with van der Waals surface area (Å²) in [5.74, 6) is 0.773. The number of aryl methyl sites for hydroxylation is 1. The van der Waals surface area contributed by atoms with Gasteiger partial charge in [0.25, 0.3) is 5.91 Å². The second kappa shape index (κ2) is 6.26. The molecule has 0 unspecified atom stereocenters. The number of hydrogen-bond acceptors (Lipinski definition) is 4. The maximum Gasteiger partial charge on any atom is 0.275 e. The van der Waals surface area contributed by atoms with Gasteiger partial charge < -0.3 is 10.1 Å². The second-order valence-electron chi connectivity index (χ2n) is 4.86. The van der Waals surface area contributed by atoms with E-state index in [1.54, 1.807) is 29.7 Å². The number of imidazole rings is 1. The standard InChI is InChI=1S/C16H15ClN4O2/c1-3-23-12-5-4-8-21-14(10(2)19-15(12)21)16(22)20-13-7-6-11(17)9-18-13/h4-9H,3H2,1-2H3,(H,18,20,22). The minimum Gasteiger partial charge on any atom is -0.490 e. The summed E-state index contributed by atoms with van der Waals surface area (Å²) in [5.41, 5.74) is 1.67. The van der Waals surface area contributed by atoms with Crippen molar-refractivity contribution in [3.8, 4) is 5.75 Å². The van der Waals surface area contributed by atoms with Crippen LogP contribution >= 0.6 is 11.6 Å².